The van der Waals surface area contributed by atoms with Gasteiger partial charge in [0.1, 0.15) is 12.3 Å². The molecular formula is C34H33N7O9. The first-order chi connectivity index (χ1) is 23.9. The average molecular weight is 684 g/mol. The molecule has 2 N–H and O–H groups in total. The highest BCUT2D eigenvalue weighted by molar-refractivity contribution is 5.97. The molecule has 1 aliphatic rings. The van der Waals surface area contributed by atoms with Crippen molar-refractivity contribution in [3.05, 3.63) is 105 Å². The molecule has 258 valence electrons. The second kappa shape index (κ2) is 14.3. The van der Waals surface area contributed by atoms with E-state index in [-0.39, 0.29) is 41.3 Å². The molecule has 50 heavy (non-hydrogen) atoms. The maximum atomic E-state index is 13.2. The van der Waals surface area contributed by atoms with Gasteiger partial charge in [0.25, 0.3) is 5.91 Å². The Kier molecular flexibility index (Phi) is 10.0. The molecule has 5 aromatic rings. The van der Waals surface area contributed by atoms with Crippen LogP contribution < -0.4 is 5.32 Å². The van der Waals surface area contributed by atoms with Crippen LogP contribution in [0.5, 0.6) is 0 Å². The Balaban J connectivity index is 0.000000240. The Morgan fingerprint density at radius 3 is 1.98 bits per heavy atom. The molecule has 0 radical (unpaired) electrons. The minimum atomic E-state index is -1.19. The molecule has 16 heteroatoms. The molecule has 6 rings (SSSR count). The van der Waals surface area contributed by atoms with Gasteiger partial charge < -0.3 is 24.6 Å². The third kappa shape index (κ3) is 6.89. The standard InChI is InChI=1S/C24H24N4O5.C10H9N3O4/c1-5-10-33-23(30)16-6-7-17-15(14(16)3)8-9-18(17)26-22(29)20-12-19(24(31)32-4)25-21-11-13(2)27-28(20)21;1-5-3-8-11-6(10(16)17-2)4-7(9(14)15)13(8)12-5/h5-7,11-12,18H,1,8-10H2,2-4H3,(H,26,29);3-4H,1-2H3,(H,14,15)/t18-;/m0./s1. The number of carboxylic acid groups (broad SMARTS) is 1. The summed E-state index contributed by atoms with van der Waals surface area (Å²) in [5.74, 6) is -3.30. The summed E-state index contributed by atoms with van der Waals surface area (Å²) >= 11 is 0. The molecule has 1 aromatic carbocycles. The van der Waals surface area contributed by atoms with E-state index in [4.69, 9.17) is 14.6 Å². The van der Waals surface area contributed by atoms with Crippen LogP contribution in [0.15, 0.2) is 49.1 Å². The second-order valence-electron chi connectivity index (χ2n) is 11.2. The number of hydrogen-bond donors (Lipinski definition) is 2. The molecule has 1 aliphatic carbocycles. The van der Waals surface area contributed by atoms with Crippen molar-refractivity contribution in [3.8, 4) is 0 Å². The first-order valence-electron chi connectivity index (χ1n) is 15.2. The van der Waals surface area contributed by atoms with Crippen LogP contribution in [0.1, 0.15) is 92.9 Å². The summed E-state index contributed by atoms with van der Waals surface area (Å²) in [4.78, 5) is 68.2. The molecule has 0 saturated carbocycles. The van der Waals surface area contributed by atoms with Crippen LogP contribution >= 0.6 is 0 Å². The third-order valence-electron chi connectivity index (χ3n) is 7.89. The van der Waals surface area contributed by atoms with E-state index in [0.717, 1.165) is 29.2 Å². The Morgan fingerprint density at radius 2 is 1.44 bits per heavy atom. The Hall–Kier alpha value is -6.45. The highest BCUT2D eigenvalue weighted by Crippen LogP contribution is 2.35. The highest BCUT2D eigenvalue weighted by atomic mass is 16.5. The van der Waals surface area contributed by atoms with Crippen LogP contribution in [0, 0.1) is 20.8 Å². The van der Waals surface area contributed by atoms with Gasteiger partial charge in [0.15, 0.2) is 28.4 Å². The van der Waals surface area contributed by atoms with Crippen LogP contribution in [0.2, 0.25) is 0 Å². The van der Waals surface area contributed by atoms with E-state index in [1.165, 1.54) is 35.4 Å². The number of carbonyl (C=O) groups excluding carboxylic acids is 4. The lowest BCUT2D eigenvalue weighted by molar-refractivity contribution is 0.0545. The molecule has 1 atom stereocenters. The number of aromatic carboxylic acids is 1. The molecule has 0 aliphatic heterocycles. The number of nitrogens with zero attached hydrogens (tertiary/aromatic N) is 6. The van der Waals surface area contributed by atoms with Crippen molar-refractivity contribution < 1.29 is 43.3 Å². The minimum Gasteiger partial charge on any atom is -0.477 e. The van der Waals surface area contributed by atoms with Crippen molar-refractivity contribution in [1.29, 1.82) is 0 Å². The van der Waals surface area contributed by atoms with Crippen molar-refractivity contribution >= 4 is 41.1 Å². The summed E-state index contributed by atoms with van der Waals surface area (Å²) in [5.41, 5.74) is 5.31. The smallest absolute Gasteiger partial charge is 0.356 e. The topological polar surface area (TPSA) is 206 Å². The van der Waals surface area contributed by atoms with E-state index in [1.54, 1.807) is 32.0 Å². The zero-order valence-corrected chi connectivity index (χ0v) is 27.8. The predicted molar refractivity (Wildman–Crippen MR) is 175 cm³/mol. The summed E-state index contributed by atoms with van der Waals surface area (Å²) in [7, 11) is 2.46. The summed E-state index contributed by atoms with van der Waals surface area (Å²) in [5, 5.41) is 20.4. The fraction of sp³-hybridized carbons (Fsp3) is 0.265. The Labute approximate surface area is 284 Å². The van der Waals surface area contributed by atoms with Gasteiger partial charge in [-0.15, -0.1) is 0 Å². The third-order valence-corrected chi connectivity index (χ3v) is 7.89. The molecule has 0 spiro atoms. The fourth-order valence-corrected chi connectivity index (χ4v) is 5.61. The number of nitrogens with one attached hydrogen (secondary N) is 1. The van der Waals surface area contributed by atoms with E-state index >= 15 is 0 Å². The lowest BCUT2D eigenvalue weighted by atomic mass is 9.98. The van der Waals surface area contributed by atoms with Crippen molar-refractivity contribution in [3.63, 3.8) is 0 Å². The van der Waals surface area contributed by atoms with Crippen LogP contribution in [0.25, 0.3) is 11.3 Å². The van der Waals surface area contributed by atoms with Gasteiger partial charge in [-0.1, -0.05) is 18.7 Å². The monoisotopic (exact) mass is 683 g/mol. The van der Waals surface area contributed by atoms with Gasteiger partial charge in [-0.05, 0) is 56.4 Å². The average Bonchev–Trinajstić information content (AvgIpc) is 3.80. The number of hydrogen-bond acceptors (Lipinski definition) is 12. The lowest BCUT2D eigenvalue weighted by Crippen LogP contribution is -2.29. The van der Waals surface area contributed by atoms with Gasteiger partial charge in [-0.3, -0.25) is 4.79 Å². The van der Waals surface area contributed by atoms with E-state index in [1.807, 2.05) is 13.0 Å². The van der Waals surface area contributed by atoms with Gasteiger partial charge in [0.2, 0.25) is 0 Å². The van der Waals surface area contributed by atoms with Crippen LogP contribution in [0.3, 0.4) is 0 Å². The van der Waals surface area contributed by atoms with E-state index in [0.29, 0.717) is 34.7 Å². The highest BCUT2D eigenvalue weighted by Gasteiger charge is 2.29. The van der Waals surface area contributed by atoms with Gasteiger partial charge >= 0.3 is 23.9 Å². The van der Waals surface area contributed by atoms with Gasteiger partial charge in [-0.2, -0.15) is 10.2 Å². The quantitative estimate of drug-likeness (QED) is 0.137. The predicted octanol–water partition coefficient (Wildman–Crippen LogP) is 3.42. The Morgan fingerprint density at radius 1 is 0.880 bits per heavy atom. The normalized spacial score (nSPS) is 13.2. The molecule has 0 bridgehead atoms. The molecule has 4 heterocycles. The number of benzene rings is 1. The largest absolute Gasteiger partial charge is 0.477 e. The fourth-order valence-electron chi connectivity index (χ4n) is 5.61. The number of methoxy groups -OCH3 is 2. The SMILES string of the molecule is C=CCOC(=O)c1ccc2c(c1C)CC[C@@H]2NC(=O)c1cc(C(=O)OC)nc2cc(C)nn12.COC(=O)c1cc(C(=O)O)n2nc(C)cc2n1. The summed E-state index contributed by atoms with van der Waals surface area (Å²) in [6, 6.07) is 9.11. The van der Waals surface area contributed by atoms with Crippen LogP contribution in [0.4, 0.5) is 0 Å². The number of carbonyl (C=O) groups is 5. The molecule has 4 aromatic heterocycles. The first kappa shape index (κ1) is 34.9. The number of fused-ring (bicyclic) bond motifs is 3. The molecule has 0 fully saturated rings. The second-order valence-corrected chi connectivity index (χ2v) is 11.2. The van der Waals surface area contributed by atoms with E-state index in [9.17, 15) is 24.0 Å². The van der Waals surface area contributed by atoms with Gasteiger partial charge in [0, 0.05) is 24.3 Å². The number of aryl methyl sites for hydroxylation is 2. The van der Waals surface area contributed by atoms with Gasteiger partial charge in [-0.25, -0.2) is 38.2 Å². The number of rotatable bonds is 8. The van der Waals surface area contributed by atoms with Crippen molar-refractivity contribution in [1.82, 2.24) is 34.5 Å². The molecule has 16 nitrogen and oxygen atoms in total. The summed E-state index contributed by atoms with van der Waals surface area (Å²) < 4.78 is 17.0. The number of ether oxygens (including phenoxy) is 3. The first-order valence-corrected chi connectivity index (χ1v) is 15.2. The number of aromatic nitrogens is 6. The van der Waals surface area contributed by atoms with Crippen LogP contribution in [-0.2, 0) is 20.6 Å². The zero-order chi connectivity index (χ0) is 36.3. The van der Waals surface area contributed by atoms with Gasteiger partial charge in [0.05, 0.1) is 37.2 Å². The molecule has 1 amide bonds. The van der Waals surface area contributed by atoms with Crippen molar-refractivity contribution in [2.45, 2.75) is 39.7 Å². The molecule has 0 saturated heterocycles. The Bertz CT molecular complexity index is 2200. The number of amides is 1. The minimum absolute atomic E-state index is 0.0281. The number of esters is 3. The summed E-state index contributed by atoms with van der Waals surface area (Å²) in [6.45, 7) is 9.07. The van der Waals surface area contributed by atoms with Crippen molar-refractivity contribution in [2.24, 2.45) is 0 Å². The van der Waals surface area contributed by atoms with Crippen molar-refractivity contribution in [2.75, 3.05) is 20.8 Å². The zero-order valence-electron chi connectivity index (χ0n) is 27.8. The maximum Gasteiger partial charge on any atom is 0.356 e. The summed E-state index contributed by atoms with van der Waals surface area (Å²) in [6.07, 6.45) is 2.92. The maximum absolute atomic E-state index is 13.2. The number of carboxylic acids is 1. The van der Waals surface area contributed by atoms with E-state index < -0.39 is 23.9 Å². The molecule has 0 unspecified atom stereocenters. The molecular weight excluding hydrogens is 650 g/mol. The lowest BCUT2D eigenvalue weighted by Gasteiger charge is -2.16. The van der Waals surface area contributed by atoms with E-state index in [2.05, 4.69) is 36.8 Å². The van der Waals surface area contributed by atoms with Crippen LogP contribution in [-0.4, -0.2) is 84.9 Å².